The van der Waals surface area contributed by atoms with Crippen LogP contribution in [0, 0.1) is 5.92 Å². The minimum absolute atomic E-state index is 0.329. The van der Waals surface area contributed by atoms with Crippen molar-refractivity contribution in [3.05, 3.63) is 12.7 Å². The minimum Gasteiger partial charge on any atom is -0.330 e. The third-order valence-electron chi connectivity index (χ3n) is 1.95. The zero-order valence-electron chi connectivity index (χ0n) is 7.88. The molecule has 0 amide bonds. The lowest BCUT2D eigenvalue weighted by atomic mass is 10.0. The van der Waals surface area contributed by atoms with Crippen LogP contribution < -0.4 is 5.73 Å². The van der Waals surface area contributed by atoms with Crippen molar-refractivity contribution in [2.24, 2.45) is 11.7 Å². The summed E-state index contributed by atoms with van der Waals surface area (Å²) in [4.78, 5) is 11.1. The van der Waals surface area contributed by atoms with Gasteiger partial charge in [0.1, 0.15) is 5.78 Å². The summed E-state index contributed by atoms with van der Waals surface area (Å²) in [5.74, 6) is 0.799. The lowest BCUT2D eigenvalue weighted by molar-refractivity contribution is -0.119. The molecule has 0 aliphatic rings. The summed E-state index contributed by atoms with van der Waals surface area (Å²) < 4.78 is 0. The number of hydrogen-bond donors (Lipinski definition) is 1. The van der Waals surface area contributed by atoms with Gasteiger partial charge in [-0.15, -0.1) is 6.58 Å². The molecule has 0 saturated carbocycles. The van der Waals surface area contributed by atoms with E-state index >= 15 is 0 Å². The number of rotatable bonds is 7. The van der Waals surface area contributed by atoms with Crippen molar-refractivity contribution in [1.82, 2.24) is 0 Å². The number of hydrogen-bond acceptors (Lipinski definition) is 2. The normalized spacial score (nSPS) is 12.5. The average Bonchev–Trinajstić information content (AvgIpc) is 2.10. The Morgan fingerprint density at radius 3 is 2.75 bits per heavy atom. The van der Waals surface area contributed by atoms with Gasteiger partial charge in [0.25, 0.3) is 0 Å². The molecule has 0 bridgehead atoms. The van der Waals surface area contributed by atoms with Crippen molar-refractivity contribution >= 4 is 5.78 Å². The highest BCUT2D eigenvalue weighted by atomic mass is 16.1. The number of ketones is 1. The van der Waals surface area contributed by atoms with E-state index in [1.165, 1.54) is 0 Å². The van der Waals surface area contributed by atoms with Crippen LogP contribution in [0.25, 0.3) is 0 Å². The molecule has 0 aliphatic carbocycles. The molecule has 0 radical (unpaired) electrons. The molecular weight excluding hydrogens is 150 g/mol. The summed E-state index contributed by atoms with van der Waals surface area (Å²) >= 11 is 0. The highest BCUT2D eigenvalue weighted by Crippen LogP contribution is 2.06. The van der Waals surface area contributed by atoms with E-state index in [0.717, 1.165) is 12.8 Å². The summed E-state index contributed by atoms with van der Waals surface area (Å²) in [6.45, 7) is 6.32. The van der Waals surface area contributed by atoms with Crippen LogP contribution in [0.3, 0.4) is 0 Å². The Morgan fingerprint density at radius 1 is 1.58 bits per heavy atom. The Kier molecular flexibility index (Phi) is 6.67. The number of carbonyl (C=O) groups is 1. The maximum absolute atomic E-state index is 11.1. The van der Waals surface area contributed by atoms with Gasteiger partial charge in [0, 0.05) is 12.8 Å². The Bertz CT molecular complexity index is 143. The molecule has 0 aromatic heterocycles. The van der Waals surface area contributed by atoms with Gasteiger partial charge in [0.05, 0.1) is 0 Å². The second kappa shape index (κ2) is 7.04. The average molecular weight is 169 g/mol. The Hall–Kier alpha value is -0.630. The lowest BCUT2D eigenvalue weighted by Gasteiger charge is -2.05. The van der Waals surface area contributed by atoms with Crippen LogP contribution in [0.2, 0.25) is 0 Å². The second-order valence-electron chi connectivity index (χ2n) is 3.25. The smallest absolute Gasteiger partial charge is 0.133 e. The third-order valence-corrected chi connectivity index (χ3v) is 1.95. The van der Waals surface area contributed by atoms with Crippen LogP contribution in [0.1, 0.15) is 32.6 Å². The molecule has 2 N–H and O–H groups in total. The van der Waals surface area contributed by atoms with Crippen LogP contribution in [-0.4, -0.2) is 12.3 Å². The fourth-order valence-electron chi connectivity index (χ4n) is 0.913. The van der Waals surface area contributed by atoms with Crippen LogP contribution >= 0.6 is 0 Å². The quantitative estimate of drug-likeness (QED) is 0.591. The van der Waals surface area contributed by atoms with E-state index in [-0.39, 0.29) is 0 Å². The van der Waals surface area contributed by atoms with E-state index in [1.54, 1.807) is 6.08 Å². The molecule has 0 aromatic rings. The first-order chi connectivity index (χ1) is 5.70. The van der Waals surface area contributed by atoms with E-state index in [0.29, 0.717) is 31.1 Å². The Morgan fingerprint density at radius 2 is 2.25 bits per heavy atom. The van der Waals surface area contributed by atoms with Crippen LogP contribution in [0.5, 0.6) is 0 Å². The van der Waals surface area contributed by atoms with E-state index in [1.807, 2.05) is 0 Å². The van der Waals surface area contributed by atoms with Gasteiger partial charge in [-0.2, -0.15) is 0 Å². The predicted octanol–water partition coefficient (Wildman–Crippen LogP) is 1.90. The summed E-state index contributed by atoms with van der Waals surface area (Å²) in [5.41, 5.74) is 5.43. The topological polar surface area (TPSA) is 43.1 Å². The molecule has 1 atom stereocenters. The molecule has 0 fully saturated rings. The monoisotopic (exact) mass is 169 g/mol. The first kappa shape index (κ1) is 11.4. The molecule has 0 heterocycles. The van der Waals surface area contributed by atoms with Gasteiger partial charge in [0.15, 0.2) is 0 Å². The Labute approximate surface area is 74.8 Å². The molecule has 70 valence electrons. The van der Waals surface area contributed by atoms with Gasteiger partial charge < -0.3 is 5.73 Å². The summed E-state index contributed by atoms with van der Waals surface area (Å²) in [6.07, 6.45) is 4.82. The minimum atomic E-state index is 0.329. The fraction of sp³-hybridized carbons (Fsp3) is 0.700. The van der Waals surface area contributed by atoms with Crippen LogP contribution in [-0.2, 0) is 4.79 Å². The highest BCUT2D eigenvalue weighted by molar-refractivity contribution is 5.78. The second-order valence-corrected chi connectivity index (χ2v) is 3.25. The molecule has 2 nitrogen and oxygen atoms in total. The van der Waals surface area contributed by atoms with Crippen molar-refractivity contribution in [1.29, 1.82) is 0 Å². The lowest BCUT2D eigenvalue weighted by Crippen LogP contribution is -2.12. The number of Topliss-reactive ketones (excluding diaryl/α,β-unsaturated/α-hetero) is 1. The van der Waals surface area contributed by atoms with Gasteiger partial charge in [-0.05, 0) is 25.3 Å². The van der Waals surface area contributed by atoms with E-state index in [4.69, 9.17) is 5.73 Å². The molecule has 0 aliphatic heterocycles. The van der Waals surface area contributed by atoms with E-state index in [9.17, 15) is 4.79 Å². The van der Waals surface area contributed by atoms with Crippen LogP contribution in [0.4, 0.5) is 0 Å². The molecule has 0 aromatic carbocycles. The first-order valence-electron chi connectivity index (χ1n) is 4.53. The predicted molar refractivity (Wildman–Crippen MR) is 51.9 cm³/mol. The third kappa shape index (κ3) is 6.10. The van der Waals surface area contributed by atoms with Crippen LogP contribution in [0.15, 0.2) is 12.7 Å². The van der Waals surface area contributed by atoms with Gasteiger partial charge >= 0.3 is 0 Å². The van der Waals surface area contributed by atoms with Gasteiger partial charge in [-0.1, -0.05) is 13.0 Å². The molecule has 0 spiro atoms. The molecule has 12 heavy (non-hydrogen) atoms. The summed E-state index contributed by atoms with van der Waals surface area (Å²) in [7, 11) is 0. The molecule has 1 unspecified atom stereocenters. The van der Waals surface area contributed by atoms with E-state index < -0.39 is 0 Å². The number of allylic oxidation sites excluding steroid dienone is 1. The van der Waals surface area contributed by atoms with Crippen molar-refractivity contribution in [3.8, 4) is 0 Å². The summed E-state index contributed by atoms with van der Waals surface area (Å²) in [6, 6.07) is 0. The maximum Gasteiger partial charge on any atom is 0.133 e. The van der Waals surface area contributed by atoms with Crippen molar-refractivity contribution in [2.75, 3.05) is 6.54 Å². The zero-order valence-corrected chi connectivity index (χ0v) is 7.88. The van der Waals surface area contributed by atoms with Gasteiger partial charge in [-0.3, -0.25) is 4.79 Å². The zero-order chi connectivity index (χ0) is 9.40. The molecular formula is C10H19NO. The van der Waals surface area contributed by atoms with Crippen molar-refractivity contribution in [3.63, 3.8) is 0 Å². The van der Waals surface area contributed by atoms with Gasteiger partial charge in [0.2, 0.25) is 0 Å². The number of nitrogens with two attached hydrogens (primary N) is 1. The Balaban J connectivity index is 3.36. The standard InChI is InChI=1S/C10H19NO/c1-3-4-5-10(12)7-6-9(2)8-11/h3,9H,1,4-8,11H2,2H3. The fourth-order valence-corrected chi connectivity index (χ4v) is 0.913. The van der Waals surface area contributed by atoms with Crippen molar-refractivity contribution in [2.45, 2.75) is 32.6 Å². The first-order valence-corrected chi connectivity index (χ1v) is 4.53. The molecule has 2 heteroatoms. The highest BCUT2D eigenvalue weighted by Gasteiger charge is 2.04. The summed E-state index contributed by atoms with van der Waals surface area (Å²) in [5, 5.41) is 0. The van der Waals surface area contributed by atoms with Gasteiger partial charge in [-0.25, -0.2) is 0 Å². The van der Waals surface area contributed by atoms with E-state index in [2.05, 4.69) is 13.5 Å². The molecule has 0 rings (SSSR count). The molecule has 0 saturated heterocycles. The largest absolute Gasteiger partial charge is 0.330 e. The maximum atomic E-state index is 11.1. The SMILES string of the molecule is C=CCCC(=O)CCC(C)CN. The van der Waals surface area contributed by atoms with Crippen molar-refractivity contribution < 1.29 is 4.79 Å². The number of carbonyl (C=O) groups excluding carboxylic acids is 1.